The second-order valence-electron chi connectivity index (χ2n) is 4.86. The number of fused-ring (bicyclic) bond motifs is 2. The Labute approximate surface area is 141 Å². The van der Waals surface area contributed by atoms with Gasteiger partial charge in [0.25, 0.3) is 0 Å². The van der Waals surface area contributed by atoms with E-state index in [0.717, 1.165) is 27.3 Å². The van der Waals surface area contributed by atoms with E-state index in [4.69, 9.17) is 21.1 Å². The van der Waals surface area contributed by atoms with Gasteiger partial charge in [-0.05, 0) is 42.0 Å². The van der Waals surface area contributed by atoms with Gasteiger partial charge < -0.3 is 9.47 Å². The van der Waals surface area contributed by atoms with Crippen LogP contribution in [0.5, 0.6) is 11.5 Å². The molecule has 4 nitrogen and oxygen atoms in total. The molecule has 6 heteroatoms. The zero-order chi connectivity index (χ0) is 15.6. The average Bonchev–Trinajstić information content (AvgIpc) is 3.16. The van der Waals surface area contributed by atoms with E-state index in [2.05, 4.69) is 9.98 Å². The van der Waals surface area contributed by atoms with Gasteiger partial charge in [-0.15, -0.1) is 0 Å². The first-order valence-corrected chi connectivity index (χ1v) is 8.14. The van der Waals surface area contributed by atoms with Gasteiger partial charge in [-0.25, -0.2) is 9.98 Å². The molecule has 0 spiro atoms. The van der Waals surface area contributed by atoms with Gasteiger partial charge in [0.15, 0.2) is 11.5 Å². The largest absolute Gasteiger partial charge is 0.454 e. The molecule has 0 aliphatic carbocycles. The minimum atomic E-state index is 0.283. The fraction of sp³-hybridized carbons (Fsp3) is 0.0588. The van der Waals surface area contributed by atoms with Gasteiger partial charge in [0.1, 0.15) is 0 Å². The Morgan fingerprint density at radius 1 is 1.13 bits per heavy atom. The van der Waals surface area contributed by atoms with Gasteiger partial charge in [0.2, 0.25) is 11.9 Å². The summed E-state index contributed by atoms with van der Waals surface area (Å²) in [5.74, 6) is 1.55. The van der Waals surface area contributed by atoms with Gasteiger partial charge in [0, 0.05) is 11.2 Å². The van der Waals surface area contributed by atoms with Crippen LogP contribution in [0, 0.1) is 0 Å². The number of hydrogen-bond donors (Lipinski definition) is 0. The average molecular weight is 343 g/mol. The highest BCUT2D eigenvalue weighted by Crippen LogP contribution is 2.33. The van der Waals surface area contributed by atoms with Crippen LogP contribution in [0.1, 0.15) is 5.56 Å². The summed E-state index contributed by atoms with van der Waals surface area (Å²) in [6.07, 6.45) is 5.55. The van der Waals surface area contributed by atoms with Gasteiger partial charge >= 0.3 is 0 Å². The van der Waals surface area contributed by atoms with E-state index in [9.17, 15) is 0 Å². The highest BCUT2D eigenvalue weighted by molar-refractivity contribution is 7.22. The Balaban J connectivity index is 1.49. The Kier molecular flexibility index (Phi) is 3.73. The molecule has 0 saturated heterocycles. The Morgan fingerprint density at radius 2 is 2.04 bits per heavy atom. The summed E-state index contributed by atoms with van der Waals surface area (Å²) in [5.41, 5.74) is 1.93. The van der Waals surface area contributed by atoms with Crippen LogP contribution in [-0.2, 0) is 0 Å². The lowest BCUT2D eigenvalue weighted by Gasteiger charge is -1.96. The van der Waals surface area contributed by atoms with Crippen LogP contribution in [0.4, 0.5) is 5.13 Å². The number of halogens is 1. The molecule has 2 heterocycles. The van der Waals surface area contributed by atoms with E-state index in [0.29, 0.717) is 10.2 Å². The maximum atomic E-state index is 5.97. The number of rotatable bonds is 3. The zero-order valence-electron chi connectivity index (χ0n) is 11.9. The van der Waals surface area contributed by atoms with Crippen LogP contribution in [0.3, 0.4) is 0 Å². The molecular weight excluding hydrogens is 332 g/mol. The Bertz CT molecular complexity index is 933. The molecule has 0 atom stereocenters. The molecule has 0 N–H and O–H groups in total. The van der Waals surface area contributed by atoms with Crippen molar-refractivity contribution in [2.24, 2.45) is 4.99 Å². The van der Waals surface area contributed by atoms with Gasteiger partial charge in [-0.2, -0.15) is 0 Å². The molecular formula is C17H11ClN2O2S. The second-order valence-corrected chi connectivity index (χ2v) is 6.30. The Morgan fingerprint density at radius 3 is 3.00 bits per heavy atom. The van der Waals surface area contributed by atoms with Crippen molar-refractivity contribution in [3.8, 4) is 11.5 Å². The number of ether oxygens (including phenoxy) is 2. The fourth-order valence-corrected chi connectivity index (χ4v) is 3.31. The number of aliphatic imine (C=N–C) groups is 1. The smallest absolute Gasteiger partial charge is 0.231 e. The number of allylic oxidation sites excluding steroid dienone is 1. The molecule has 1 aliphatic heterocycles. The second kappa shape index (κ2) is 6.02. The van der Waals surface area contributed by atoms with Crippen LogP contribution in [-0.4, -0.2) is 18.0 Å². The topological polar surface area (TPSA) is 43.7 Å². The summed E-state index contributed by atoms with van der Waals surface area (Å²) < 4.78 is 11.7. The van der Waals surface area contributed by atoms with Crippen LogP contribution >= 0.6 is 22.9 Å². The highest BCUT2D eigenvalue weighted by atomic mass is 35.5. The van der Waals surface area contributed by atoms with Crippen molar-refractivity contribution in [1.82, 2.24) is 4.98 Å². The zero-order valence-corrected chi connectivity index (χ0v) is 13.5. The standard InChI is InChI=1S/C17H11ClN2O2S/c18-12-4-5-13-16(9-12)23-17(20-13)19-7-1-2-11-3-6-14-15(8-11)22-10-21-14/h1-9H,10H2/b2-1+,19-7?. The molecule has 0 saturated carbocycles. The third kappa shape index (κ3) is 3.06. The molecule has 3 aromatic rings. The van der Waals surface area contributed by atoms with Gasteiger partial charge in [-0.1, -0.05) is 35.1 Å². The van der Waals surface area contributed by atoms with Crippen molar-refractivity contribution in [2.45, 2.75) is 0 Å². The van der Waals surface area contributed by atoms with E-state index in [1.54, 1.807) is 6.21 Å². The lowest BCUT2D eigenvalue weighted by molar-refractivity contribution is 0.174. The quantitative estimate of drug-likeness (QED) is 0.622. The van der Waals surface area contributed by atoms with E-state index in [-0.39, 0.29) is 6.79 Å². The summed E-state index contributed by atoms with van der Waals surface area (Å²) >= 11 is 7.48. The number of aromatic nitrogens is 1. The normalized spacial score (nSPS) is 13.6. The Hall–Kier alpha value is -2.37. The molecule has 0 fully saturated rings. The molecule has 114 valence electrons. The van der Waals surface area contributed by atoms with Crippen LogP contribution in [0.2, 0.25) is 5.02 Å². The van der Waals surface area contributed by atoms with E-state index >= 15 is 0 Å². The first-order chi connectivity index (χ1) is 11.3. The van der Waals surface area contributed by atoms with Crippen molar-refractivity contribution >= 4 is 50.6 Å². The van der Waals surface area contributed by atoms with Crippen LogP contribution in [0.25, 0.3) is 16.3 Å². The fourth-order valence-electron chi connectivity index (χ4n) is 2.22. The number of benzene rings is 2. The molecule has 23 heavy (non-hydrogen) atoms. The maximum absolute atomic E-state index is 5.97. The van der Waals surface area contributed by atoms with E-state index in [1.165, 1.54) is 11.3 Å². The monoisotopic (exact) mass is 342 g/mol. The van der Waals surface area contributed by atoms with E-state index in [1.807, 2.05) is 48.6 Å². The molecule has 0 amide bonds. The third-order valence-electron chi connectivity index (χ3n) is 3.30. The molecule has 0 bridgehead atoms. The summed E-state index contributed by atoms with van der Waals surface area (Å²) in [6, 6.07) is 11.4. The molecule has 4 rings (SSSR count). The predicted octanol–water partition coefficient (Wildman–Crippen LogP) is 5.09. The third-order valence-corrected chi connectivity index (χ3v) is 4.46. The lowest BCUT2D eigenvalue weighted by atomic mass is 10.2. The van der Waals surface area contributed by atoms with E-state index < -0.39 is 0 Å². The maximum Gasteiger partial charge on any atom is 0.231 e. The predicted molar refractivity (Wildman–Crippen MR) is 94.4 cm³/mol. The van der Waals surface area contributed by atoms with Crippen molar-refractivity contribution in [2.75, 3.05) is 6.79 Å². The van der Waals surface area contributed by atoms with Crippen LogP contribution in [0.15, 0.2) is 47.5 Å². The molecule has 0 radical (unpaired) electrons. The summed E-state index contributed by atoms with van der Waals surface area (Å²) in [4.78, 5) is 8.79. The van der Waals surface area contributed by atoms with Crippen molar-refractivity contribution in [3.63, 3.8) is 0 Å². The molecule has 0 unspecified atom stereocenters. The van der Waals surface area contributed by atoms with Crippen molar-refractivity contribution in [3.05, 3.63) is 53.1 Å². The SMILES string of the molecule is Clc1ccc2nc(N=C/C=C/c3ccc4c(c3)OCO4)sc2c1. The number of thiazole rings is 1. The molecule has 2 aromatic carbocycles. The molecule has 1 aliphatic rings. The number of nitrogens with zero attached hydrogens (tertiary/aromatic N) is 2. The first kappa shape index (κ1) is 14.2. The van der Waals surface area contributed by atoms with Crippen molar-refractivity contribution < 1.29 is 9.47 Å². The molecule has 1 aromatic heterocycles. The van der Waals surface area contributed by atoms with Gasteiger partial charge in [0.05, 0.1) is 10.2 Å². The minimum absolute atomic E-state index is 0.283. The summed E-state index contributed by atoms with van der Waals surface area (Å²) in [5, 5.41) is 1.41. The summed E-state index contributed by atoms with van der Waals surface area (Å²) in [6.45, 7) is 0.283. The lowest BCUT2D eigenvalue weighted by Crippen LogP contribution is -1.92. The minimum Gasteiger partial charge on any atom is -0.454 e. The highest BCUT2D eigenvalue weighted by Gasteiger charge is 2.11. The number of hydrogen-bond acceptors (Lipinski definition) is 5. The van der Waals surface area contributed by atoms with Crippen LogP contribution < -0.4 is 9.47 Å². The van der Waals surface area contributed by atoms with Crippen molar-refractivity contribution in [1.29, 1.82) is 0 Å². The van der Waals surface area contributed by atoms with Gasteiger partial charge in [-0.3, -0.25) is 0 Å². The first-order valence-electron chi connectivity index (χ1n) is 6.94. The summed E-state index contributed by atoms with van der Waals surface area (Å²) in [7, 11) is 0.